The number of ketones is 1. The van der Waals surface area contributed by atoms with Gasteiger partial charge in [0.25, 0.3) is 0 Å². The molecule has 1 aromatic carbocycles. The smallest absolute Gasteiger partial charge is 0.176 e. The van der Waals surface area contributed by atoms with Crippen LogP contribution in [0.1, 0.15) is 36.0 Å². The minimum Gasteiger partial charge on any atom is -0.293 e. The van der Waals surface area contributed by atoms with E-state index in [1.54, 1.807) is 0 Å². The lowest BCUT2D eigenvalue weighted by Crippen LogP contribution is -2.33. The molecule has 0 aromatic heterocycles. The van der Waals surface area contributed by atoms with Crippen LogP contribution >= 0.6 is 22.6 Å². The third-order valence-corrected chi connectivity index (χ3v) is 4.48. The fourth-order valence-corrected chi connectivity index (χ4v) is 2.69. The van der Waals surface area contributed by atoms with Crippen molar-refractivity contribution in [1.82, 2.24) is 4.90 Å². The largest absolute Gasteiger partial charge is 0.293 e. The number of benzene rings is 1. The summed E-state index contributed by atoms with van der Waals surface area (Å²) in [5, 5.41) is 0. The summed E-state index contributed by atoms with van der Waals surface area (Å²) in [4.78, 5) is 14.7. The number of halogens is 1. The van der Waals surface area contributed by atoms with Crippen molar-refractivity contribution < 1.29 is 4.79 Å². The Morgan fingerprint density at radius 1 is 1.17 bits per heavy atom. The Hall–Kier alpha value is -0.420. The van der Waals surface area contributed by atoms with Gasteiger partial charge >= 0.3 is 0 Å². The average Bonchev–Trinajstić information content (AvgIpc) is 3.23. The molecule has 2 fully saturated rings. The van der Waals surface area contributed by atoms with Crippen LogP contribution in [0.5, 0.6) is 0 Å². The lowest BCUT2D eigenvalue weighted by Gasteiger charge is -2.20. The van der Waals surface area contributed by atoms with E-state index in [-0.39, 0.29) is 5.78 Å². The summed E-state index contributed by atoms with van der Waals surface area (Å²) in [6.45, 7) is 1.75. The molecule has 2 nitrogen and oxygen atoms in total. The fraction of sp³-hybridized carbons (Fsp3) is 0.533. The minimum atomic E-state index is 0.277. The highest BCUT2D eigenvalue weighted by Crippen LogP contribution is 2.34. The monoisotopic (exact) mass is 355 g/mol. The Morgan fingerprint density at radius 3 is 2.39 bits per heavy atom. The molecule has 96 valence electrons. The number of carbonyl (C=O) groups is 1. The van der Waals surface area contributed by atoms with Crippen LogP contribution in [0.2, 0.25) is 0 Å². The van der Waals surface area contributed by atoms with Gasteiger partial charge in [0.2, 0.25) is 0 Å². The molecule has 3 rings (SSSR count). The quantitative estimate of drug-likeness (QED) is 0.576. The lowest BCUT2D eigenvalue weighted by atomic mass is 10.1. The molecular formula is C15H18INO. The SMILES string of the molecule is O=C(CN(CC1CC1)C1CC1)c1ccc(I)cc1. The van der Waals surface area contributed by atoms with Gasteiger partial charge in [-0.25, -0.2) is 0 Å². The normalized spacial score (nSPS) is 19.2. The highest BCUT2D eigenvalue weighted by Gasteiger charge is 2.34. The third kappa shape index (κ3) is 3.32. The first-order chi connectivity index (χ1) is 8.72. The van der Waals surface area contributed by atoms with E-state index >= 15 is 0 Å². The van der Waals surface area contributed by atoms with Gasteiger partial charge in [0.05, 0.1) is 6.54 Å². The van der Waals surface area contributed by atoms with E-state index in [4.69, 9.17) is 0 Å². The maximum absolute atomic E-state index is 12.3. The van der Waals surface area contributed by atoms with Gasteiger partial charge in [0, 0.05) is 21.7 Å². The van der Waals surface area contributed by atoms with Crippen molar-refractivity contribution in [3.05, 3.63) is 33.4 Å². The molecule has 1 aromatic rings. The summed E-state index contributed by atoms with van der Waals surface area (Å²) in [6.07, 6.45) is 5.29. The van der Waals surface area contributed by atoms with Gasteiger partial charge < -0.3 is 0 Å². The van der Waals surface area contributed by atoms with E-state index in [2.05, 4.69) is 27.5 Å². The van der Waals surface area contributed by atoms with Crippen molar-refractivity contribution in [3.8, 4) is 0 Å². The maximum atomic E-state index is 12.3. The van der Waals surface area contributed by atoms with E-state index in [0.29, 0.717) is 12.6 Å². The number of Topliss-reactive ketones (excluding diaryl/α,β-unsaturated/α-hetero) is 1. The number of rotatable bonds is 6. The van der Waals surface area contributed by atoms with E-state index in [0.717, 1.165) is 18.0 Å². The molecule has 2 saturated carbocycles. The first kappa shape index (κ1) is 12.6. The standard InChI is InChI=1S/C15H18INO/c16-13-5-3-12(4-6-13)15(18)10-17(14-7-8-14)9-11-1-2-11/h3-6,11,14H,1-2,7-10H2. The first-order valence-electron chi connectivity index (χ1n) is 6.75. The molecule has 2 aliphatic carbocycles. The summed E-state index contributed by atoms with van der Waals surface area (Å²) < 4.78 is 1.18. The molecule has 0 saturated heterocycles. The minimum absolute atomic E-state index is 0.277. The predicted octanol–water partition coefficient (Wildman–Crippen LogP) is 3.35. The molecule has 18 heavy (non-hydrogen) atoms. The topological polar surface area (TPSA) is 20.3 Å². The van der Waals surface area contributed by atoms with Crippen LogP contribution in [0.15, 0.2) is 24.3 Å². The Morgan fingerprint density at radius 2 is 1.83 bits per heavy atom. The van der Waals surface area contributed by atoms with Crippen molar-refractivity contribution in [2.45, 2.75) is 31.7 Å². The fourth-order valence-electron chi connectivity index (χ4n) is 2.33. The molecule has 0 N–H and O–H groups in total. The van der Waals surface area contributed by atoms with Crippen LogP contribution in [-0.2, 0) is 0 Å². The second kappa shape index (κ2) is 5.29. The molecule has 0 unspecified atom stereocenters. The van der Waals surface area contributed by atoms with Gasteiger partial charge in [-0.2, -0.15) is 0 Å². The summed E-state index contributed by atoms with van der Waals surface area (Å²) in [6, 6.07) is 8.61. The van der Waals surface area contributed by atoms with Gasteiger partial charge in [-0.15, -0.1) is 0 Å². The van der Waals surface area contributed by atoms with Gasteiger partial charge in [0.1, 0.15) is 0 Å². The molecule has 3 heteroatoms. The molecule has 0 aliphatic heterocycles. The van der Waals surface area contributed by atoms with Crippen LogP contribution < -0.4 is 0 Å². The van der Waals surface area contributed by atoms with Crippen molar-refractivity contribution >= 4 is 28.4 Å². The zero-order chi connectivity index (χ0) is 12.5. The molecular weight excluding hydrogens is 337 g/mol. The van der Waals surface area contributed by atoms with E-state index < -0.39 is 0 Å². The van der Waals surface area contributed by atoms with Gasteiger partial charge in [-0.1, -0.05) is 12.1 Å². The third-order valence-electron chi connectivity index (χ3n) is 3.77. The molecule has 0 atom stereocenters. The van der Waals surface area contributed by atoms with Crippen LogP contribution in [0.3, 0.4) is 0 Å². The van der Waals surface area contributed by atoms with Crippen LogP contribution in [0.25, 0.3) is 0 Å². The Bertz CT molecular complexity index is 434. The summed E-state index contributed by atoms with van der Waals surface area (Å²) >= 11 is 2.27. The number of hydrogen-bond acceptors (Lipinski definition) is 2. The zero-order valence-corrected chi connectivity index (χ0v) is 12.6. The second-order valence-electron chi connectivity index (χ2n) is 5.53. The Labute approximate surface area is 122 Å². The van der Waals surface area contributed by atoms with Gasteiger partial charge in [0.15, 0.2) is 5.78 Å². The second-order valence-corrected chi connectivity index (χ2v) is 6.78. The van der Waals surface area contributed by atoms with Crippen LogP contribution in [0.4, 0.5) is 0 Å². The van der Waals surface area contributed by atoms with E-state index in [9.17, 15) is 4.79 Å². The lowest BCUT2D eigenvalue weighted by molar-refractivity contribution is 0.0921. The van der Waals surface area contributed by atoms with Gasteiger partial charge in [-0.3, -0.25) is 9.69 Å². The molecule has 0 bridgehead atoms. The summed E-state index contributed by atoms with van der Waals surface area (Å²) in [7, 11) is 0. The van der Waals surface area contributed by atoms with Crippen LogP contribution in [-0.4, -0.2) is 29.8 Å². The van der Waals surface area contributed by atoms with Crippen molar-refractivity contribution in [2.75, 3.05) is 13.1 Å². The maximum Gasteiger partial charge on any atom is 0.176 e. The Kier molecular flexibility index (Phi) is 3.71. The van der Waals surface area contributed by atoms with Crippen molar-refractivity contribution in [3.63, 3.8) is 0 Å². The molecule has 0 heterocycles. The summed E-state index contributed by atoms with van der Waals surface area (Å²) in [5.74, 6) is 1.15. The summed E-state index contributed by atoms with van der Waals surface area (Å²) in [5.41, 5.74) is 0.858. The van der Waals surface area contributed by atoms with E-state index in [1.807, 2.05) is 24.3 Å². The zero-order valence-electron chi connectivity index (χ0n) is 10.4. The molecule has 0 spiro atoms. The van der Waals surface area contributed by atoms with Gasteiger partial charge in [-0.05, 0) is 66.3 Å². The number of hydrogen-bond donors (Lipinski definition) is 0. The highest BCUT2D eigenvalue weighted by atomic mass is 127. The van der Waals surface area contributed by atoms with E-state index in [1.165, 1.54) is 29.3 Å². The van der Waals surface area contributed by atoms with Crippen molar-refractivity contribution in [2.24, 2.45) is 5.92 Å². The molecule has 2 aliphatic rings. The number of nitrogens with zero attached hydrogens (tertiary/aromatic N) is 1. The Balaban J connectivity index is 1.62. The number of carbonyl (C=O) groups excluding carboxylic acids is 1. The average molecular weight is 355 g/mol. The van der Waals surface area contributed by atoms with Crippen LogP contribution in [0, 0.1) is 9.49 Å². The first-order valence-corrected chi connectivity index (χ1v) is 7.83. The molecule has 0 radical (unpaired) electrons. The highest BCUT2D eigenvalue weighted by molar-refractivity contribution is 14.1. The van der Waals surface area contributed by atoms with Crippen molar-refractivity contribution in [1.29, 1.82) is 0 Å². The molecule has 0 amide bonds. The predicted molar refractivity (Wildman–Crippen MR) is 80.8 cm³/mol.